The number of rotatable bonds is 6. The highest BCUT2D eigenvalue weighted by molar-refractivity contribution is 4.70. The van der Waals surface area contributed by atoms with Crippen LogP contribution in [0.2, 0.25) is 0 Å². The molecule has 1 N–H and O–H groups in total. The van der Waals surface area contributed by atoms with E-state index in [-0.39, 0.29) is 0 Å². The Morgan fingerprint density at radius 2 is 1.87 bits per heavy atom. The summed E-state index contributed by atoms with van der Waals surface area (Å²) in [6.45, 7) is 11.8. The Morgan fingerprint density at radius 3 is 2.47 bits per heavy atom. The van der Waals surface area contributed by atoms with Crippen LogP contribution in [-0.2, 0) is 0 Å². The lowest BCUT2D eigenvalue weighted by molar-refractivity contribution is 0.153. The van der Waals surface area contributed by atoms with Gasteiger partial charge in [0.05, 0.1) is 0 Å². The van der Waals surface area contributed by atoms with Gasteiger partial charge in [-0.1, -0.05) is 13.3 Å². The number of nitrogens with one attached hydrogen (secondary N) is 1. The molecule has 1 aliphatic heterocycles. The van der Waals surface area contributed by atoms with Gasteiger partial charge in [-0.3, -0.25) is 4.90 Å². The highest BCUT2D eigenvalue weighted by Crippen LogP contribution is 1.98. The van der Waals surface area contributed by atoms with Crippen LogP contribution in [0.1, 0.15) is 26.7 Å². The molecule has 0 spiro atoms. The summed E-state index contributed by atoms with van der Waals surface area (Å²) >= 11 is 0. The quantitative estimate of drug-likeness (QED) is 0.710. The van der Waals surface area contributed by atoms with Crippen LogP contribution in [0.4, 0.5) is 0 Å². The summed E-state index contributed by atoms with van der Waals surface area (Å²) in [5.41, 5.74) is 0. The van der Waals surface area contributed by atoms with Crippen molar-refractivity contribution in [1.82, 2.24) is 15.1 Å². The molecule has 0 aromatic heterocycles. The Kier molecular flexibility index (Phi) is 6.22. The molecule has 0 amide bonds. The number of hydrogen-bond donors (Lipinski definition) is 1. The Balaban J connectivity index is 2.00. The normalized spacial score (nSPS) is 21.8. The van der Waals surface area contributed by atoms with E-state index in [4.69, 9.17) is 0 Å². The van der Waals surface area contributed by atoms with Gasteiger partial charge in [-0.15, -0.1) is 0 Å². The molecule has 0 aromatic rings. The van der Waals surface area contributed by atoms with E-state index in [2.05, 4.69) is 36.0 Å². The number of hydrogen-bond acceptors (Lipinski definition) is 3. The summed E-state index contributed by atoms with van der Waals surface area (Å²) in [6.07, 6.45) is 2.57. The standard InChI is InChI=1S/C12H27N3/c1-4-5-12(2)13-6-7-15-10-8-14(3)9-11-15/h12-13H,4-11H2,1-3H3. The molecule has 1 fully saturated rings. The predicted octanol–water partition coefficient (Wildman–Crippen LogP) is 1.01. The van der Waals surface area contributed by atoms with Gasteiger partial charge in [0, 0.05) is 45.3 Å². The lowest BCUT2D eigenvalue weighted by Gasteiger charge is -2.32. The highest BCUT2D eigenvalue weighted by atomic mass is 15.2. The van der Waals surface area contributed by atoms with Crippen molar-refractivity contribution in [3.05, 3.63) is 0 Å². The second-order valence-corrected chi connectivity index (χ2v) is 4.79. The Bertz CT molecular complexity index is 153. The van der Waals surface area contributed by atoms with E-state index in [1.807, 2.05) is 0 Å². The van der Waals surface area contributed by atoms with Gasteiger partial charge < -0.3 is 10.2 Å². The van der Waals surface area contributed by atoms with Crippen molar-refractivity contribution in [3.63, 3.8) is 0 Å². The fourth-order valence-electron chi connectivity index (χ4n) is 2.08. The van der Waals surface area contributed by atoms with Crippen LogP contribution in [0.5, 0.6) is 0 Å². The third-order valence-corrected chi connectivity index (χ3v) is 3.24. The molecule has 3 heteroatoms. The lowest BCUT2D eigenvalue weighted by atomic mass is 10.2. The fraction of sp³-hybridized carbons (Fsp3) is 1.00. The fourth-order valence-corrected chi connectivity index (χ4v) is 2.08. The highest BCUT2D eigenvalue weighted by Gasteiger charge is 2.12. The van der Waals surface area contributed by atoms with E-state index >= 15 is 0 Å². The summed E-state index contributed by atoms with van der Waals surface area (Å²) in [4.78, 5) is 4.97. The van der Waals surface area contributed by atoms with E-state index in [1.165, 1.54) is 45.6 Å². The predicted molar refractivity (Wildman–Crippen MR) is 66.3 cm³/mol. The zero-order chi connectivity index (χ0) is 11.1. The smallest absolute Gasteiger partial charge is 0.0110 e. The molecule has 0 aliphatic carbocycles. The molecule has 15 heavy (non-hydrogen) atoms. The molecule has 1 heterocycles. The first-order chi connectivity index (χ1) is 7.22. The van der Waals surface area contributed by atoms with Crippen LogP contribution >= 0.6 is 0 Å². The SMILES string of the molecule is CCCC(C)NCCN1CCN(C)CC1. The molecule has 0 bridgehead atoms. The van der Waals surface area contributed by atoms with Crippen LogP contribution < -0.4 is 5.32 Å². The number of piperazine rings is 1. The maximum Gasteiger partial charge on any atom is 0.0110 e. The molecule has 1 saturated heterocycles. The monoisotopic (exact) mass is 213 g/mol. The van der Waals surface area contributed by atoms with Gasteiger partial charge >= 0.3 is 0 Å². The average molecular weight is 213 g/mol. The third-order valence-electron chi connectivity index (χ3n) is 3.24. The summed E-state index contributed by atoms with van der Waals surface area (Å²) in [5, 5.41) is 3.59. The van der Waals surface area contributed by atoms with Crippen LogP contribution in [0.3, 0.4) is 0 Å². The zero-order valence-electron chi connectivity index (χ0n) is 10.6. The molecule has 0 aromatic carbocycles. The van der Waals surface area contributed by atoms with Crippen LogP contribution in [0.15, 0.2) is 0 Å². The summed E-state index contributed by atoms with van der Waals surface area (Å²) < 4.78 is 0. The molecule has 1 rings (SSSR count). The van der Waals surface area contributed by atoms with Crippen LogP contribution in [-0.4, -0.2) is 62.2 Å². The summed E-state index contributed by atoms with van der Waals surface area (Å²) in [5.74, 6) is 0. The van der Waals surface area contributed by atoms with Gasteiger partial charge in [0.25, 0.3) is 0 Å². The molecule has 3 nitrogen and oxygen atoms in total. The van der Waals surface area contributed by atoms with Crippen molar-refractivity contribution in [2.45, 2.75) is 32.7 Å². The minimum Gasteiger partial charge on any atom is -0.313 e. The van der Waals surface area contributed by atoms with E-state index in [9.17, 15) is 0 Å². The molecule has 0 saturated carbocycles. The van der Waals surface area contributed by atoms with E-state index < -0.39 is 0 Å². The van der Waals surface area contributed by atoms with E-state index in [1.54, 1.807) is 0 Å². The van der Waals surface area contributed by atoms with Gasteiger partial charge in [0.1, 0.15) is 0 Å². The van der Waals surface area contributed by atoms with Gasteiger partial charge in [-0.2, -0.15) is 0 Å². The maximum absolute atomic E-state index is 3.59. The minimum absolute atomic E-state index is 0.683. The van der Waals surface area contributed by atoms with Crippen molar-refractivity contribution in [3.8, 4) is 0 Å². The lowest BCUT2D eigenvalue weighted by Crippen LogP contribution is -2.47. The number of nitrogens with zero attached hydrogens (tertiary/aromatic N) is 2. The molecule has 1 aliphatic rings. The minimum atomic E-state index is 0.683. The maximum atomic E-state index is 3.59. The van der Waals surface area contributed by atoms with Gasteiger partial charge in [0.2, 0.25) is 0 Å². The van der Waals surface area contributed by atoms with Gasteiger partial charge in [-0.25, -0.2) is 0 Å². The molecule has 0 radical (unpaired) electrons. The second kappa shape index (κ2) is 7.20. The van der Waals surface area contributed by atoms with E-state index in [0.717, 1.165) is 6.54 Å². The number of likely N-dealkylation sites (N-methyl/N-ethyl adjacent to an activating group) is 1. The third kappa shape index (κ3) is 5.50. The van der Waals surface area contributed by atoms with Crippen LogP contribution in [0.25, 0.3) is 0 Å². The Labute approximate surface area is 94.8 Å². The first-order valence-electron chi connectivity index (χ1n) is 6.36. The van der Waals surface area contributed by atoms with Crippen molar-refractivity contribution in [2.75, 3.05) is 46.3 Å². The van der Waals surface area contributed by atoms with Gasteiger partial charge in [0.15, 0.2) is 0 Å². The molecule has 1 atom stereocenters. The summed E-state index contributed by atoms with van der Waals surface area (Å²) in [6, 6.07) is 0.683. The molecule has 90 valence electrons. The molecular formula is C12H27N3. The zero-order valence-corrected chi connectivity index (χ0v) is 10.6. The van der Waals surface area contributed by atoms with Crippen molar-refractivity contribution < 1.29 is 0 Å². The van der Waals surface area contributed by atoms with E-state index in [0.29, 0.717) is 6.04 Å². The first kappa shape index (κ1) is 12.9. The van der Waals surface area contributed by atoms with Gasteiger partial charge in [-0.05, 0) is 20.4 Å². The largest absolute Gasteiger partial charge is 0.313 e. The second-order valence-electron chi connectivity index (χ2n) is 4.79. The van der Waals surface area contributed by atoms with Crippen molar-refractivity contribution >= 4 is 0 Å². The first-order valence-corrected chi connectivity index (χ1v) is 6.36. The average Bonchev–Trinajstić information content (AvgIpc) is 2.21. The molecular weight excluding hydrogens is 186 g/mol. The Hall–Kier alpha value is -0.120. The van der Waals surface area contributed by atoms with Crippen molar-refractivity contribution in [1.29, 1.82) is 0 Å². The van der Waals surface area contributed by atoms with Crippen molar-refractivity contribution in [2.24, 2.45) is 0 Å². The topological polar surface area (TPSA) is 18.5 Å². The van der Waals surface area contributed by atoms with Crippen LogP contribution in [0, 0.1) is 0 Å². The Morgan fingerprint density at radius 1 is 1.20 bits per heavy atom. The summed E-state index contributed by atoms with van der Waals surface area (Å²) in [7, 11) is 2.21. The molecule has 1 unspecified atom stereocenters.